The maximum Gasteiger partial charge on any atom is -0.00489 e. The fourth-order valence-electron chi connectivity index (χ4n) is 1.28. The highest BCUT2D eigenvalue weighted by atomic mass is 79.9. The van der Waals surface area contributed by atoms with E-state index in [-0.39, 0.29) is 17.0 Å². The maximum atomic E-state index is 5.60. The lowest BCUT2D eigenvalue weighted by molar-refractivity contribution is 0.439. The average Bonchev–Trinajstić information content (AvgIpc) is 1.98. The van der Waals surface area contributed by atoms with Crippen molar-refractivity contribution in [3.8, 4) is 0 Å². The van der Waals surface area contributed by atoms with Crippen LogP contribution in [0.15, 0.2) is 0 Å². The number of unbranched alkanes of at least 4 members (excludes halogenated alkanes) is 1. The predicted molar refractivity (Wildman–Crippen MR) is 57.3 cm³/mol. The molecule has 0 aromatic carbocycles. The summed E-state index contributed by atoms with van der Waals surface area (Å²) < 4.78 is 0. The smallest absolute Gasteiger partial charge is 0.00489 e. The van der Waals surface area contributed by atoms with Crippen molar-refractivity contribution in [3.05, 3.63) is 0 Å². The molecule has 0 bridgehead atoms. The normalized spacial score (nSPS) is 12.3. The molecule has 2 heteroatoms. The van der Waals surface area contributed by atoms with Gasteiger partial charge in [0.2, 0.25) is 0 Å². The molecular formula is C9H22BrN. The molecule has 0 aromatic heterocycles. The molecule has 1 unspecified atom stereocenters. The largest absolute Gasteiger partial charge is 0.330 e. The van der Waals surface area contributed by atoms with Gasteiger partial charge >= 0.3 is 0 Å². The summed E-state index contributed by atoms with van der Waals surface area (Å²) in [5.74, 6) is 0.796. The van der Waals surface area contributed by atoms with Crippen LogP contribution in [0.1, 0.15) is 46.0 Å². The second-order valence-electron chi connectivity index (χ2n) is 3.03. The van der Waals surface area contributed by atoms with Gasteiger partial charge in [0, 0.05) is 0 Å². The van der Waals surface area contributed by atoms with Crippen LogP contribution in [0, 0.1) is 5.92 Å². The van der Waals surface area contributed by atoms with Gasteiger partial charge in [-0.1, -0.05) is 33.1 Å². The molecule has 70 valence electrons. The van der Waals surface area contributed by atoms with Crippen molar-refractivity contribution in [1.29, 1.82) is 0 Å². The number of hydrogen-bond acceptors (Lipinski definition) is 1. The minimum Gasteiger partial charge on any atom is -0.330 e. The first-order chi connectivity index (χ1) is 4.85. The zero-order valence-corrected chi connectivity index (χ0v) is 9.52. The molecule has 0 aliphatic carbocycles. The molecule has 0 aliphatic rings. The van der Waals surface area contributed by atoms with Crippen molar-refractivity contribution in [2.45, 2.75) is 46.0 Å². The van der Waals surface area contributed by atoms with E-state index in [0.29, 0.717) is 0 Å². The van der Waals surface area contributed by atoms with E-state index >= 15 is 0 Å². The molecule has 0 spiro atoms. The minimum atomic E-state index is 0. The van der Waals surface area contributed by atoms with E-state index in [2.05, 4.69) is 13.8 Å². The Bertz CT molecular complexity index is 66.6. The topological polar surface area (TPSA) is 26.0 Å². The van der Waals surface area contributed by atoms with Gasteiger partial charge in [0.15, 0.2) is 0 Å². The lowest BCUT2D eigenvalue weighted by atomic mass is 9.98. The third kappa shape index (κ3) is 8.35. The maximum absolute atomic E-state index is 5.60. The summed E-state index contributed by atoms with van der Waals surface area (Å²) in [4.78, 5) is 0. The number of hydrogen-bond donors (Lipinski definition) is 1. The molecular weight excluding hydrogens is 202 g/mol. The van der Waals surface area contributed by atoms with Crippen molar-refractivity contribution in [2.75, 3.05) is 6.54 Å². The zero-order valence-electron chi connectivity index (χ0n) is 7.81. The van der Waals surface area contributed by atoms with E-state index in [0.717, 1.165) is 12.5 Å². The Morgan fingerprint density at radius 2 is 1.73 bits per heavy atom. The summed E-state index contributed by atoms with van der Waals surface area (Å²) in [5, 5.41) is 0. The molecule has 0 aliphatic heterocycles. The van der Waals surface area contributed by atoms with Gasteiger partial charge in [0.05, 0.1) is 0 Å². The highest BCUT2D eigenvalue weighted by Crippen LogP contribution is 2.12. The summed E-state index contributed by atoms with van der Waals surface area (Å²) in [6.07, 6.45) is 6.59. The third-order valence-corrected chi connectivity index (χ3v) is 2.00. The van der Waals surface area contributed by atoms with Crippen molar-refractivity contribution in [2.24, 2.45) is 11.7 Å². The third-order valence-electron chi connectivity index (χ3n) is 2.00. The van der Waals surface area contributed by atoms with E-state index in [1.54, 1.807) is 0 Å². The molecule has 0 aromatic rings. The van der Waals surface area contributed by atoms with Crippen LogP contribution in [0.2, 0.25) is 0 Å². The van der Waals surface area contributed by atoms with Crippen molar-refractivity contribution in [1.82, 2.24) is 0 Å². The fourth-order valence-corrected chi connectivity index (χ4v) is 1.28. The molecule has 0 fully saturated rings. The fraction of sp³-hybridized carbons (Fsp3) is 1.00. The van der Waals surface area contributed by atoms with Crippen LogP contribution < -0.4 is 5.73 Å². The van der Waals surface area contributed by atoms with Gasteiger partial charge in [0.25, 0.3) is 0 Å². The van der Waals surface area contributed by atoms with Crippen LogP contribution in [0.4, 0.5) is 0 Å². The Balaban J connectivity index is 0. The zero-order chi connectivity index (χ0) is 7.82. The van der Waals surface area contributed by atoms with Crippen LogP contribution >= 0.6 is 17.0 Å². The second-order valence-corrected chi connectivity index (χ2v) is 3.03. The first kappa shape index (κ1) is 14.0. The van der Waals surface area contributed by atoms with E-state index in [4.69, 9.17) is 5.73 Å². The van der Waals surface area contributed by atoms with E-state index in [1.807, 2.05) is 0 Å². The van der Waals surface area contributed by atoms with Crippen LogP contribution in [-0.2, 0) is 0 Å². The van der Waals surface area contributed by atoms with Crippen molar-refractivity contribution < 1.29 is 0 Å². The number of rotatable bonds is 6. The van der Waals surface area contributed by atoms with Gasteiger partial charge in [-0.05, 0) is 25.3 Å². The average molecular weight is 224 g/mol. The summed E-state index contributed by atoms with van der Waals surface area (Å²) in [7, 11) is 0. The quantitative estimate of drug-likeness (QED) is 0.736. The van der Waals surface area contributed by atoms with E-state index < -0.39 is 0 Å². The second kappa shape index (κ2) is 10.4. The molecule has 1 nitrogen and oxygen atoms in total. The van der Waals surface area contributed by atoms with Crippen molar-refractivity contribution >= 4 is 17.0 Å². The Morgan fingerprint density at radius 3 is 2.09 bits per heavy atom. The molecule has 11 heavy (non-hydrogen) atoms. The summed E-state index contributed by atoms with van der Waals surface area (Å²) in [5.41, 5.74) is 5.60. The van der Waals surface area contributed by atoms with Crippen LogP contribution in [0.3, 0.4) is 0 Å². The SMILES string of the molecule is Br.CCCCC(CN)CCC. The highest BCUT2D eigenvalue weighted by molar-refractivity contribution is 8.93. The lowest BCUT2D eigenvalue weighted by Crippen LogP contribution is -2.13. The minimum absolute atomic E-state index is 0. The number of nitrogens with two attached hydrogens (primary N) is 1. The van der Waals surface area contributed by atoms with Crippen LogP contribution in [0.25, 0.3) is 0 Å². The molecule has 0 amide bonds. The summed E-state index contributed by atoms with van der Waals surface area (Å²) in [6, 6.07) is 0. The Kier molecular flexibility index (Phi) is 13.3. The monoisotopic (exact) mass is 223 g/mol. The van der Waals surface area contributed by atoms with Gasteiger partial charge < -0.3 is 5.73 Å². The lowest BCUT2D eigenvalue weighted by Gasteiger charge is -2.11. The Hall–Kier alpha value is 0.440. The van der Waals surface area contributed by atoms with Gasteiger partial charge in [-0.15, -0.1) is 17.0 Å². The molecule has 0 heterocycles. The van der Waals surface area contributed by atoms with Gasteiger partial charge in [-0.2, -0.15) is 0 Å². The molecule has 0 saturated heterocycles. The van der Waals surface area contributed by atoms with E-state index in [1.165, 1.54) is 32.1 Å². The molecule has 1 atom stereocenters. The predicted octanol–water partition coefficient (Wildman–Crippen LogP) is 3.13. The van der Waals surface area contributed by atoms with E-state index in [9.17, 15) is 0 Å². The molecule has 0 saturated carbocycles. The molecule has 2 N–H and O–H groups in total. The van der Waals surface area contributed by atoms with Gasteiger partial charge in [-0.25, -0.2) is 0 Å². The first-order valence-electron chi connectivity index (χ1n) is 4.55. The number of halogens is 1. The summed E-state index contributed by atoms with van der Waals surface area (Å²) >= 11 is 0. The standard InChI is InChI=1S/C9H21N.BrH/c1-3-5-7-9(8-10)6-4-2;/h9H,3-8,10H2,1-2H3;1H. The Morgan fingerprint density at radius 1 is 1.09 bits per heavy atom. The molecule has 0 radical (unpaired) electrons. The van der Waals surface area contributed by atoms with Crippen LogP contribution in [-0.4, -0.2) is 6.54 Å². The highest BCUT2D eigenvalue weighted by Gasteiger charge is 2.02. The summed E-state index contributed by atoms with van der Waals surface area (Å²) in [6.45, 7) is 5.35. The van der Waals surface area contributed by atoms with Crippen molar-refractivity contribution in [3.63, 3.8) is 0 Å². The molecule has 0 rings (SSSR count). The van der Waals surface area contributed by atoms with Gasteiger partial charge in [0.1, 0.15) is 0 Å². The Labute approximate surface area is 81.5 Å². The first-order valence-corrected chi connectivity index (χ1v) is 4.55. The van der Waals surface area contributed by atoms with Gasteiger partial charge in [-0.3, -0.25) is 0 Å². The van der Waals surface area contributed by atoms with Crippen LogP contribution in [0.5, 0.6) is 0 Å².